The molecular formula is C18H17ClN2O3S2. The summed E-state index contributed by atoms with van der Waals surface area (Å²) in [5.74, 6) is 1.65. The molecule has 1 saturated heterocycles. The van der Waals surface area contributed by atoms with Crippen LogP contribution in [0.15, 0.2) is 42.6 Å². The van der Waals surface area contributed by atoms with Crippen LogP contribution >= 0.6 is 35.1 Å². The first-order valence-electron chi connectivity index (χ1n) is 7.99. The molecule has 1 aliphatic heterocycles. The molecule has 0 aliphatic carbocycles. The fraction of sp³-hybridized carbons (Fsp3) is 0.278. The topological polar surface area (TPSA) is 68.3 Å². The Morgan fingerprint density at radius 1 is 1.19 bits per heavy atom. The Balaban J connectivity index is 1.56. The van der Waals surface area contributed by atoms with E-state index >= 15 is 0 Å². The molecular weight excluding hydrogens is 392 g/mol. The average Bonchev–Trinajstić information content (AvgIpc) is 3.18. The highest BCUT2D eigenvalue weighted by Gasteiger charge is 2.21. The third-order valence-corrected chi connectivity index (χ3v) is 7.00. The summed E-state index contributed by atoms with van der Waals surface area (Å²) in [7, 11) is 0. The second-order valence-corrected chi connectivity index (χ2v) is 8.75. The van der Waals surface area contributed by atoms with Crippen LogP contribution in [-0.2, 0) is 9.53 Å². The fourth-order valence-electron chi connectivity index (χ4n) is 2.29. The van der Waals surface area contributed by atoms with Crippen molar-refractivity contribution in [1.82, 2.24) is 4.98 Å². The predicted molar refractivity (Wildman–Crippen MR) is 107 cm³/mol. The van der Waals surface area contributed by atoms with Gasteiger partial charge < -0.3 is 10.1 Å². The van der Waals surface area contributed by atoms with Crippen LogP contribution in [0.25, 0.3) is 0 Å². The highest BCUT2D eigenvalue weighted by molar-refractivity contribution is 8.19. The number of nitrogens with zero attached hydrogens (tertiary/aromatic N) is 1. The van der Waals surface area contributed by atoms with Crippen molar-refractivity contribution in [2.75, 3.05) is 16.8 Å². The largest absolute Gasteiger partial charge is 0.449 e. The average molecular weight is 409 g/mol. The van der Waals surface area contributed by atoms with Crippen molar-refractivity contribution in [1.29, 1.82) is 0 Å². The lowest BCUT2D eigenvalue weighted by atomic mass is 10.1. The summed E-state index contributed by atoms with van der Waals surface area (Å²) in [4.78, 5) is 28.3. The number of benzene rings is 1. The summed E-state index contributed by atoms with van der Waals surface area (Å²) in [5.41, 5.74) is 1.61. The summed E-state index contributed by atoms with van der Waals surface area (Å²) >= 11 is 9.56. The Hall–Kier alpha value is -1.70. The number of hydrogen-bond donors (Lipinski definition) is 1. The van der Waals surface area contributed by atoms with Gasteiger partial charge in [-0.3, -0.25) is 4.79 Å². The van der Waals surface area contributed by atoms with Crippen LogP contribution in [0.4, 0.5) is 5.82 Å². The molecule has 1 aliphatic rings. The fourth-order valence-corrected chi connectivity index (χ4v) is 5.26. The second kappa shape index (κ2) is 8.79. The van der Waals surface area contributed by atoms with E-state index in [-0.39, 0.29) is 0 Å². The summed E-state index contributed by atoms with van der Waals surface area (Å²) < 4.78 is 5.67. The smallest absolute Gasteiger partial charge is 0.338 e. The minimum absolute atomic E-state index is 0.346. The van der Waals surface area contributed by atoms with E-state index in [9.17, 15) is 9.59 Å². The minimum atomic E-state index is -0.944. The van der Waals surface area contributed by atoms with Gasteiger partial charge in [0.1, 0.15) is 5.82 Å². The van der Waals surface area contributed by atoms with Crippen LogP contribution in [-0.4, -0.2) is 34.5 Å². The molecule has 1 atom stereocenters. The summed E-state index contributed by atoms with van der Waals surface area (Å²) in [6.07, 6.45) is 0.483. The first kappa shape index (κ1) is 19.1. The van der Waals surface area contributed by atoms with E-state index in [1.165, 1.54) is 18.7 Å². The molecule has 0 radical (unpaired) electrons. The maximum Gasteiger partial charge on any atom is 0.338 e. The summed E-state index contributed by atoms with van der Waals surface area (Å²) in [5, 5.41) is 3.05. The number of esters is 1. The van der Waals surface area contributed by atoms with Crippen LogP contribution in [0.1, 0.15) is 27.4 Å². The van der Waals surface area contributed by atoms with Crippen LogP contribution in [0.3, 0.4) is 0 Å². The first-order chi connectivity index (χ1) is 12.5. The zero-order valence-corrected chi connectivity index (χ0v) is 16.4. The van der Waals surface area contributed by atoms with Gasteiger partial charge in [0.2, 0.25) is 0 Å². The summed E-state index contributed by atoms with van der Waals surface area (Å²) in [6, 6.07) is 10.5. The molecule has 1 N–H and O–H groups in total. The molecule has 0 bridgehead atoms. The van der Waals surface area contributed by atoms with E-state index in [2.05, 4.69) is 10.3 Å². The highest BCUT2D eigenvalue weighted by Crippen LogP contribution is 2.45. The van der Waals surface area contributed by atoms with Crippen LogP contribution in [0.2, 0.25) is 5.02 Å². The van der Waals surface area contributed by atoms with Gasteiger partial charge in [0.05, 0.1) is 15.2 Å². The lowest BCUT2D eigenvalue weighted by Crippen LogP contribution is -2.30. The number of carbonyl (C=O) groups excluding carboxylic acids is 2. The molecule has 0 saturated carbocycles. The van der Waals surface area contributed by atoms with Gasteiger partial charge >= 0.3 is 5.97 Å². The van der Waals surface area contributed by atoms with Gasteiger partial charge in [-0.1, -0.05) is 23.7 Å². The van der Waals surface area contributed by atoms with Crippen LogP contribution < -0.4 is 5.32 Å². The Morgan fingerprint density at radius 3 is 2.50 bits per heavy atom. The number of amides is 1. The molecule has 8 heteroatoms. The zero-order valence-electron chi connectivity index (χ0n) is 14.0. The third-order valence-electron chi connectivity index (χ3n) is 3.67. The number of nitrogens with one attached hydrogen (secondary N) is 1. The standard InChI is InChI=1S/C18H17ClN2O3S2/c1-11(16(22)21-15-7-6-14(19)10-20-15)24-17(23)12-2-4-13(5-3-12)18-25-8-9-26-18/h2-7,10-11,18H,8-9H2,1H3,(H,20,21,22). The lowest BCUT2D eigenvalue weighted by molar-refractivity contribution is -0.123. The Bertz CT molecular complexity index is 778. The van der Waals surface area contributed by atoms with Crippen molar-refractivity contribution in [3.63, 3.8) is 0 Å². The Labute approximate surface area is 165 Å². The van der Waals surface area contributed by atoms with E-state index in [0.29, 0.717) is 21.0 Å². The molecule has 2 aromatic rings. The lowest BCUT2D eigenvalue weighted by Gasteiger charge is -2.14. The zero-order chi connectivity index (χ0) is 18.5. The molecule has 1 amide bonds. The molecule has 2 heterocycles. The van der Waals surface area contributed by atoms with Crippen LogP contribution in [0.5, 0.6) is 0 Å². The molecule has 26 heavy (non-hydrogen) atoms. The first-order valence-corrected chi connectivity index (χ1v) is 10.5. The van der Waals surface area contributed by atoms with E-state index in [0.717, 1.165) is 11.5 Å². The van der Waals surface area contributed by atoms with Crippen molar-refractivity contribution in [3.8, 4) is 0 Å². The van der Waals surface area contributed by atoms with Gasteiger partial charge in [0, 0.05) is 17.7 Å². The molecule has 1 unspecified atom stereocenters. The molecule has 1 aromatic heterocycles. The van der Waals surface area contributed by atoms with Crippen molar-refractivity contribution >= 4 is 52.8 Å². The van der Waals surface area contributed by atoms with E-state index in [1.807, 2.05) is 35.7 Å². The summed E-state index contributed by atoms with van der Waals surface area (Å²) in [6.45, 7) is 1.52. The number of halogens is 1. The highest BCUT2D eigenvalue weighted by atomic mass is 35.5. The van der Waals surface area contributed by atoms with Gasteiger partial charge in [-0.15, -0.1) is 23.5 Å². The van der Waals surface area contributed by atoms with E-state index in [1.54, 1.807) is 24.3 Å². The maximum absolute atomic E-state index is 12.2. The Kier molecular flexibility index (Phi) is 6.45. The number of carbonyl (C=O) groups is 2. The normalized spacial score (nSPS) is 15.5. The molecule has 3 rings (SSSR count). The van der Waals surface area contributed by atoms with Gasteiger partial charge in [-0.05, 0) is 36.8 Å². The molecule has 136 valence electrons. The minimum Gasteiger partial charge on any atom is -0.449 e. The van der Waals surface area contributed by atoms with Crippen molar-refractivity contribution in [2.45, 2.75) is 17.6 Å². The van der Waals surface area contributed by atoms with Crippen molar-refractivity contribution in [2.24, 2.45) is 0 Å². The van der Waals surface area contributed by atoms with Crippen molar-refractivity contribution in [3.05, 3.63) is 58.7 Å². The molecule has 1 aromatic carbocycles. The number of anilines is 1. The predicted octanol–water partition coefficient (Wildman–Crippen LogP) is 4.40. The number of ether oxygens (including phenoxy) is 1. The SMILES string of the molecule is CC(OC(=O)c1ccc(C2SCCS2)cc1)C(=O)Nc1ccc(Cl)cn1. The van der Waals surface area contributed by atoms with Crippen molar-refractivity contribution < 1.29 is 14.3 Å². The van der Waals surface area contributed by atoms with E-state index < -0.39 is 18.0 Å². The van der Waals surface area contributed by atoms with Gasteiger partial charge in [0.25, 0.3) is 5.91 Å². The molecule has 1 fully saturated rings. The third kappa shape index (κ3) is 4.93. The van der Waals surface area contributed by atoms with Gasteiger partial charge in [-0.25, -0.2) is 9.78 Å². The Morgan fingerprint density at radius 2 is 1.88 bits per heavy atom. The number of pyridine rings is 1. The molecule has 0 spiro atoms. The van der Waals surface area contributed by atoms with Crippen LogP contribution in [0, 0.1) is 0 Å². The number of thioether (sulfide) groups is 2. The number of hydrogen-bond acceptors (Lipinski definition) is 6. The second-order valence-electron chi connectivity index (χ2n) is 5.59. The van der Waals surface area contributed by atoms with E-state index in [4.69, 9.17) is 16.3 Å². The molecule has 5 nitrogen and oxygen atoms in total. The monoisotopic (exact) mass is 408 g/mol. The number of rotatable bonds is 5. The number of aromatic nitrogens is 1. The van der Waals surface area contributed by atoms with Gasteiger partial charge in [0.15, 0.2) is 6.10 Å². The quantitative estimate of drug-likeness (QED) is 0.739. The maximum atomic E-state index is 12.2. The van der Waals surface area contributed by atoms with Gasteiger partial charge in [-0.2, -0.15) is 0 Å².